The zero-order chi connectivity index (χ0) is 24.0. The first-order valence-corrected chi connectivity index (χ1v) is 11.7. The molecule has 2 atom stereocenters. The number of hydrogen-bond acceptors (Lipinski definition) is 5. The van der Waals surface area contributed by atoms with Crippen molar-refractivity contribution in [1.29, 1.82) is 0 Å². The summed E-state index contributed by atoms with van der Waals surface area (Å²) >= 11 is 0. The van der Waals surface area contributed by atoms with Gasteiger partial charge in [0, 0.05) is 18.8 Å². The number of likely N-dealkylation sites (tertiary alicyclic amines) is 1. The molecule has 0 radical (unpaired) electrons. The third-order valence-electron chi connectivity index (χ3n) is 7.20. The number of benzene rings is 3. The van der Waals surface area contributed by atoms with E-state index in [-0.39, 0.29) is 25.5 Å². The number of hydrogen-bond donors (Lipinski definition) is 1. The molecule has 1 spiro atoms. The Bertz CT molecular complexity index is 1290. The summed E-state index contributed by atoms with van der Waals surface area (Å²) in [5.74, 6) is -1.17. The lowest BCUT2D eigenvalue weighted by molar-refractivity contribution is -0.141. The summed E-state index contributed by atoms with van der Waals surface area (Å²) in [6.07, 6.45) is -0.0479. The number of nitrogens with zero attached hydrogens (tertiary/aromatic N) is 2. The van der Waals surface area contributed by atoms with Crippen LogP contribution in [-0.4, -0.2) is 52.6 Å². The largest absolute Gasteiger partial charge is 0.480 e. The number of carbonyl (C=O) groups is 2. The molecule has 1 aliphatic carbocycles. The molecule has 0 saturated carbocycles. The van der Waals surface area contributed by atoms with E-state index in [1.165, 1.54) is 4.90 Å². The zero-order valence-electron chi connectivity index (χ0n) is 19.0. The van der Waals surface area contributed by atoms with Crippen LogP contribution in [0.25, 0.3) is 11.1 Å². The van der Waals surface area contributed by atoms with Gasteiger partial charge in [-0.15, -0.1) is 0 Å². The number of aliphatic carboxylic acids is 1. The number of fused-ring (bicyclic) bond motifs is 3. The van der Waals surface area contributed by atoms with Gasteiger partial charge in [-0.1, -0.05) is 84.0 Å². The number of rotatable bonds is 4. The van der Waals surface area contributed by atoms with Crippen LogP contribution in [0.15, 0.2) is 84.0 Å². The van der Waals surface area contributed by atoms with E-state index >= 15 is 0 Å². The Morgan fingerprint density at radius 2 is 1.60 bits per heavy atom. The third-order valence-corrected chi connectivity index (χ3v) is 7.20. The molecule has 0 aromatic heterocycles. The lowest BCUT2D eigenvalue weighted by Crippen LogP contribution is -2.42. The van der Waals surface area contributed by atoms with Crippen LogP contribution >= 0.6 is 0 Å². The number of carboxylic acid groups (broad SMARTS) is 1. The molecule has 35 heavy (non-hydrogen) atoms. The van der Waals surface area contributed by atoms with Crippen molar-refractivity contribution >= 4 is 17.8 Å². The molecular formula is C28H24N2O5. The summed E-state index contributed by atoms with van der Waals surface area (Å²) < 4.78 is 5.75. The lowest BCUT2D eigenvalue weighted by Gasteiger charge is -2.23. The second kappa shape index (κ2) is 8.27. The van der Waals surface area contributed by atoms with Crippen molar-refractivity contribution in [1.82, 2.24) is 4.90 Å². The fraction of sp³-hybridized carbons (Fsp3) is 0.250. The van der Waals surface area contributed by atoms with Crippen molar-refractivity contribution in [2.24, 2.45) is 5.16 Å². The minimum absolute atomic E-state index is 0.0954. The monoisotopic (exact) mass is 468 g/mol. The van der Waals surface area contributed by atoms with Crippen molar-refractivity contribution < 1.29 is 24.3 Å². The standard InChI is InChI=1S/C28H24N2O5/c31-26(32)25-15-28(14-24(29-35-28)18-8-2-1-3-9-18)17-30(25)27(33)34-16-23-21-12-6-4-10-19(21)20-11-5-7-13-22(20)23/h1-13,23,25H,14-17H2,(H,31,32)/t25?,28-/m1/s1. The molecule has 3 aromatic carbocycles. The van der Waals surface area contributed by atoms with E-state index in [2.05, 4.69) is 17.3 Å². The highest BCUT2D eigenvalue weighted by Crippen LogP contribution is 2.45. The van der Waals surface area contributed by atoms with E-state index in [4.69, 9.17) is 9.57 Å². The van der Waals surface area contributed by atoms with Crippen molar-refractivity contribution in [2.75, 3.05) is 13.2 Å². The lowest BCUT2D eigenvalue weighted by atomic mass is 9.92. The summed E-state index contributed by atoms with van der Waals surface area (Å²) in [5.41, 5.74) is 5.30. The average molecular weight is 469 g/mol. The molecule has 1 N–H and O–H groups in total. The molecule has 3 aliphatic rings. The molecule has 1 unspecified atom stereocenters. The molecule has 3 aromatic rings. The van der Waals surface area contributed by atoms with Crippen molar-refractivity contribution in [2.45, 2.75) is 30.4 Å². The fourth-order valence-electron chi connectivity index (χ4n) is 5.54. The highest BCUT2D eigenvalue weighted by Gasteiger charge is 2.54. The SMILES string of the molecule is O=C(O)C1C[C@]2(CC(c3ccccc3)=NO2)CN1C(=O)OCC1c2ccccc2-c2ccccc21. The van der Waals surface area contributed by atoms with Gasteiger partial charge in [0.1, 0.15) is 12.6 Å². The normalized spacial score (nSPS) is 22.5. The van der Waals surface area contributed by atoms with E-state index in [9.17, 15) is 14.7 Å². The molecule has 1 amide bonds. The van der Waals surface area contributed by atoms with Crippen molar-refractivity contribution in [3.05, 3.63) is 95.6 Å². The van der Waals surface area contributed by atoms with Crippen LogP contribution in [0, 0.1) is 0 Å². The van der Waals surface area contributed by atoms with Gasteiger partial charge in [-0.25, -0.2) is 9.59 Å². The molecule has 1 fully saturated rings. The summed E-state index contributed by atoms with van der Waals surface area (Å²) in [7, 11) is 0. The number of oxime groups is 1. The first-order valence-electron chi connectivity index (χ1n) is 11.7. The quantitative estimate of drug-likeness (QED) is 0.602. The van der Waals surface area contributed by atoms with E-state index in [1.807, 2.05) is 66.7 Å². The minimum atomic E-state index is -1.08. The number of ether oxygens (including phenoxy) is 1. The molecule has 2 aliphatic heterocycles. The Hall–Kier alpha value is -4.13. The van der Waals surface area contributed by atoms with Crippen molar-refractivity contribution in [3.63, 3.8) is 0 Å². The molecule has 7 nitrogen and oxygen atoms in total. The first-order chi connectivity index (χ1) is 17.0. The average Bonchev–Trinajstić information content (AvgIpc) is 3.58. The van der Waals surface area contributed by atoms with E-state index < -0.39 is 23.7 Å². The Kier molecular flexibility index (Phi) is 5.06. The van der Waals surface area contributed by atoms with Gasteiger partial charge in [0.15, 0.2) is 5.60 Å². The molecule has 176 valence electrons. The van der Waals surface area contributed by atoms with Gasteiger partial charge in [0.05, 0.1) is 12.3 Å². The maximum atomic E-state index is 13.2. The smallest absolute Gasteiger partial charge is 0.410 e. The van der Waals surface area contributed by atoms with Gasteiger partial charge >= 0.3 is 12.1 Å². The molecular weight excluding hydrogens is 444 g/mol. The van der Waals surface area contributed by atoms with E-state index in [0.29, 0.717) is 6.42 Å². The van der Waals surface area contributed by atoms with Crippen LogP contribution in [0.1, 0.15) is 35.4 Å². The predicted molar refractivity (Wildman–Crippen MR) is 129 cm³/mol. The summed E-state index contributed by atoms with van der Waals surface area (Å²) in [6.45, 7) is 0.246. The van der Waals surface area contributed by atoms with E-state index in [1.54, 1.807) is 0 Å². The summed E-state index contributed by atoms with van der Waals surface area (Å²) in [6, 6.07) is 24.8. The van der Waals surface area contributed by atoms with Crippen molar-refractivity contribution in [3.8, 4) is 11.1 Å². The third kappa shape index (κ3) is 3.64. The van der Waals surface area contributed by atoms with E-state index in [0.717, 1.165) is 33.5 Å². The summed E-state index contributed by atoms with van der Waals surface area (Å²) in [4.78, 5) is 32.3. The summed E-state index contributed by atoms with van der Waals surface area (Å²) in [5, 5.41) is 14.1. The van der Waals surface area contributed by atoms with Gasteiger partial charge in [-0.2, -0.15) is 0 Å². The Labute approximate surface area is 202 Å². The number of amides is 1. The van der Waals surface area contributed by atoms with Crippen LogP contribution in [0.4, 0.5) is 4.79 Å². The zero-order valence-corrected chi connectivity index (χ0v) is 19.0. The van der Waals surface area contributed by atoms with Gasteiger partial charge in [0.25, 0.3) is 0 Å². The van der Waals surface area contributed by atoms with Crippen LogP contribution in [0.3, 0.4) is 0 Å². The second-order valence-electron chi connectivity index (χ2n) is 9.35. The van der Waals surface area contributed by atoms with Crippen LogP contribution < -0.4 is 0 Å². The first kappa shape index (κ1) is 21.4. The molecule has 1 saturated heterocycles. The molecule has 7 heteroatoms. The maximum Gasteiger partial charge on any atom is 0.410 e. The highest BCUT2D eigenvalue weighted by molar-refractivity contribution is 6.02. The molecule has 6 rings (SSSR count). The predicted octanol–water partition coefficient (Wildman–Crippen LogP) is 4.66. The van der Waals surface area contributed by atoms with Gasteiger partial charge in [0.2, 0.25) is 0 Å². The molecule has 0 bridgehead atoms. The highest BCUT2D eigenvalue weighted by atomic mass is 16.7. The Morgan fingerprint density at radius 3 is 2.26 bits per heavy atom. The minimum Gasteiger partial charge on any atom is -0.480 e. The van der Waals surface area contributed by atoms with Crippen LogP contribution in [0.5, 0.6) is 0 Å². The Morgan fingerprint density at radius 1 is 0.971 bits per heavy atom. The number of carbonyl (C=O) groups excluding carboxylic acids is 1. The Balaban J connectivity index is 1.19. The number of carboxylic acids is 1. The maximum absolute atomic E-state index is 13.2. The molecule has 2 heterocycles. The fourth-order valence-corrected chi connectivity index (χ4v) is 5.54. The van der Waals surface area contributed by atoms with Gasteiger partial charge in [-0.3, -0.25) is 4.90 Å². The van der Waals surface area contributed by atoms with Crippen LogP contribution in [-0.2, 0) is 14.4 Å². The van der Waals surface area contributed by atoms with Gasteiger partial charge < -0.3 is 14.7 Å². The second-order valence-corrected chi connectivity index (χ2v) is 9.35. The van der Waals surface area contributed by atoms with Gasteiger partial charge in [-0.05, 0) is 27.8 Å². The topological polar surface area (TPSA) is 88.4 Å². The van der Waals surface area contributed by atoms with Crippen LogP contribution in [0.2, 0.25) is 0 Å².